The molecule has 7 heteroatoms. The number of nitrogens with one attached hydrogen (secondary N) is 1. The van der Waals surface area contributed by atoms with E-state index < -0.39 is 0 Å². The van der Waals surface area contributed by atoms with Crippen molar-refractivity contribution in [2.24, 2.45) is 5.92 Å². The predicted molar refractivity (Wildman–Crippen MR) is 120 cm³/mol. The van der Waals surface area contributed by atoms with Crippen molar-refractivity contribution in [3.05, 3.63) is 35.7 Å². The van der Waals surface area contributed by atoms with Gasteiger partial charge in [0.25, 0.3) is 0 Å². The van der Waals surface area contributed by atoms with Gasteiger partial charge in [-0.05, 0) is 32.6 Å². The normalized spacial score (nSPS) is 19.9. The van der Waals surface area contributed by atoms with Gasteiger partial charge in [-0.15, -0.1) is 0 Å². The average Bonchev–Trinajstić information content (AvgIpc) is 3.27. The molecule has 2 fully saturated rings. The first-order valence-electron chi connectivity index (χ1n) is 11.7. The van der Waals surface area contributed by atoms with Crippen LogP contribution in [0.15, 0.2) is 28.8 Å². The summed E-state index contributed by atoms with van der Waals surface area (Å²) in [6.45, 7) is 9.10. The van der Waals surface area contributed by atoms with Gasteiger partial charge < -0.3 is 9.84 Å². The number of nitrogens with zero attached hydrogens (tertiary/aromatic N) is 4. The smallest absolute Gasteiger partial charge is 0.241 e. The van der Waals surface area contributed by atoms with Crippen LogP contribution in [0.4, 0.5) is 0 Å². The Morgan fingerprint density at radius 1 is 1.13 bits per heavy atom. The molecule has 0 spiro atoms. The Morgan fingerprint density at radius 2 is 1.84 bits per heavy atom. The highest BCUT2D eigenvalue weighted by Gasteiger charge is 2.27. The largest absolute Gasteiger partial charge is 0.354 e. The second kappa shape index (κ2) is 10.4. The number of hydrogen-bond donors (Lipinski definition) is 1. The monoisotopic (exact) mass is 425 g/mol. The van der Waals surface area contributed by atoms with Crippen molar-refractivity contribution in [1.29, 1.82) is 0 Å². The van der Waals surface area contributed by atoms with Gasteiger partial charge in [0.2, 0.25) is 17.6 Å². The van der Waals surface area contributed by atoms with E-state index in [1.54, 1.807) is 0 Å². The Morgan fingerprint density at radius 3 is 2.55 bits per heavy atom. The fourth-order valence-corrected chi connectivity index (χ4v) is 4.59. The van der Waals surface area contributed by atoms with Crippen molar-refractivity contribution in [2.45, 2.75) is 58.5 Å². The van der Waals surface area contributed by atoms with Crippen molar-refractivity contribution < 1.29 is 9.32 Å². The number of carbonyl (C=O) groups is 1. The van der Waals surface area contributed by atoms with Gasteiger partial charge in [-0.2, -0.15) is 4.98 Å². The van der Waals surface area contributed by atoms with E-state index in [-0.39, 0.29) is 11.9 Å². The van der Waals surface area contributed by atoms with Gasteiger partial charge in [0.15, 0.2) is 0 Å². The fraction of sp³-hybridized carbons (Fsp3) is 0.625. The molecule has 2 aromatic rings. The van der Waals surface area contributed by atoms with Crippen LogP contribution in [0.3, 0.4) is 0 Å². The second-order valence-corrected chi connectivity index (χ2v) is 9.12. The van der Waals surface area contributed by atoms with Gasteiger partial charge in [0.1, 0.15) is 0 Å². The van der Waals surface area contributed by atoms with E-state index in [1.165, 1.54) is 37.7 Å². The van der Waals surface area contributed by atoms with Crippen LogP contribution in [0.1, 0.15) is 50.5 Å². The van der Waals surface area contributed by atoms with Crippen molar-refractivity contribution in [3.63, 3.8) is 0 Å². The van der Waals surface area contributed by atoms with E-state index in [4.69, 9.17) is 4.52 Å². The van der Waals surface area contributed by atoms with Gasteiger partial charge >= 0.3 is 0 Å². The summed E-state index contributed by atoms with van der Waals surface area (Å²) in [6.07, 6.45) is 6.49. The lowest BCUT2D eigenvalue weighted by atomic mass is 9.89. The van der Waals surface area contributed by atoms with Crippen molar-refractivity contribution in [2.75, 3.05) is 32.7 Å². The molecule has 2 aliphatic rings. The second-order valence-electron chi connectivity index (χ2n) is 9.12. The van der Waals surface area contributed by atoms with Crippen LogP contribution in [0.25, 0.3) is 11.4 Å². The zero-order chi connectivity index (χ0) is 21.6. The van der Waals surface area contributed by atoms with Crippen LogP contribution < -0.4 is 5.32 Å². The van der Waals surface area contributed by atoms with Crippen LogP contribution in [0.5, 0.6) is 0 Å². The van der Waals surface area contributed by atoms with Crippen molar-refractivity contribution in [1.82, 2.24) is 25.3 Å². The molecule has 0 unspecified atom stereocenters. The number of aryl methyl sites for hydroxylation is 1. The third kappa shape index (κ3) is 5.92. The molecule has 0 radical (unpaired) electrons. The molecule has 1 aliphatic carbocycles. The standard InChI is InChI=1S/C24H35N5O2/c1-18-8-10-21(11-9-18)23-26-22(31-27-23)17-28-12-14-29(15-13-28)19(2)24(30)25-16-20-6-4-3-5-7-20/h8-11,19-20H,3-7,12-17H2,1-2H3,(H,25,30)/t19-/m0/s1. The lowest BCUT2D eigenvalue weighted by Crippen LogP contribution is -2.54. The number of hydrogen-bond acceptors (Lipinski definition) is 6. The number of rotatable bonds is 7. The highest BCUT2D eigenvalue weighted by Crippen LogP contribution is 2.23. The summed E-state index contributed by atoms with van der Waals surface area (Å²) in [7, 11) is 0. The molecular formula is C24H35N5O2. The number of piperazine rings is 1. The lowest BCUT2D eigenvalue weighted by Gasteiger charge is -2.37. The van der Waals surface area contributed by atoms with Crippen molar-refractivity contribution >= 4 is 5.91 Å². The quantitative estimate of drug-likeness (QED) is 0.734. The highest BCUT2D eigenvalue weighted by atomic mass is 16.5. The van der Waals surface area contributed by atoms with Crippen LogP contribution in [-0.2, 0) is 11.3 Å². The first-order valence-corrected chi connectivity index (χ1v) is 11.7. The maximum absolute atomic E-state index is 12.6. The molecule has 1 saturated heterocycles. The number of benzene rings is 1. The van der Waals surface area contributed by atoms with E-state index in [9.17, 15) is 4.79 Å². The molecule has 1 aromatic heterocycles. The van der Waals surface area contributed by atoms with Gasteiger partial charge in [0.05, 0.1) is 12.6 Å². The van der Waals surface area contributed by atoms with Gasteiger partial charge in [-0.3, -0.25) is 14.6 Å². The van der Waals surface area contributed by atoms with Crippen LogP contribution in [0, 0.1) is 12.8 Å². The van der Waals surface area contributed by atoms with Crippen molar-refractivity contribution in [3.8, 4) is 11.4 Å². The summed E-state index contributed by atoms with van der Waals surface area (Å²) in [5, 5.41) is 7.33. The highest BCUT2D eigenvalue weighted by molar-refractivity contribution is 5.81. The fourth-order valence-electron chi connectivity index (χ4n) is 4.59. The average molecular weight is 426 g/mol. The minimum absolute atomic E-state index is 0.0812. The molecule has 31 heavy (non-hydrogen) atoms. The Kier molecular flexibility index (Phi) is 7.35. The number of amides is 1. The molecule has 1 atom stereocenters. The summed E-state index contributed by atoms with van der Waals surface area (Å²) < 4.78 is 5.47. The van der Waals surface area contributed by atoms with E-state index in [2.05, 4.69) is 44.3 Å². The molecule has 1 amide bonds. The third-order valence-corrected chi connectivity index (χ3v) is 6.76. The molecule has 1 aromatic carbocycles. The summed E-state index contributed by atoms with van der Waals surface area (Å²) in [6, 6.07) is 8.06. The Labute approximate surface area is 185 Å². The minimum atomic E-state index is -0.0812. The van der Waals surface area contributed by atoms with E-state index >= 15 is 0 Å². The minimum Gasteiger partial charge on any atom is -0.354 e. The van der Waals surface area contributed by atoms with E-state index in [1.807, 2.05) is 19.1 Å². The maximum atomic E-state index is 12.6. The van der Waals surface area contributed by atoms with Crippen LogP contribution in [0.2, 0.25) is 0 Å². The summed E-state index contributed by atoms with van der Waals surface area (Å²) >= 11 is 0. The maximum Gasteiger partial charge on any atom is 0.241 e. The molecule has 7 nitrogen and oxygen atoms in total. The first-order chi connectivity index (χ1) is 15.1. The Balaban J connectivity index is 1.21. The van der Waals surface area contributed by atoms with E-state index in [0.717, 1.165) is 38.3 Å². The zero-order valence-electron chi connectivity index (χ0n) is 18.8. The van der Waals surface area contributed by atoms with Crippen LogP contribution in [-0.4, -0.2) is 64.6 Å². The van der Waals surface area contributed by atoms with Gasteiger partial charge in [-0.1, -0.05) is 54.2 Å². The molecular weight excluding hydrogens is 390 g/mol. The molecule has 2 heterocycles. The molecule has 168 valence electrons. The summed E-state index contributed by atoms with van der Waals surface area (Å²) in [5.74, 6) is 2.11. The number of carbonyl (C=O) groups excluding carboxylic acids is 1. The number of aromatic nitrogens is 2. The van der Waals surface area contributed by atoms with Gasteiger partial charge in [0, 0.05) is 38.3 Å². The van der Waals surface area contributed by atoms with E-state index in [0.29, 0.717) is 24.2 Å². The lowest BCUT2D eigenvalue weighted by molar-refractivity contribution is -0.126. The van der Waals surface area contributed by atoms with Crippen LogP contribution >= 0.6 is 0 Å². The third-order valence-electron chi connectivity index (χ3n) is 6.76. The zero-order valence-corrected chi connectivity index (χ0v) is 18.8. The van der Waals surface area contributed by atoms with Gasteiger partial charge in [-0.25, -0.2) is 0 Å². The Bertz CT molecular complexity index is 836. The predicted octanol–water partition coefficient (Wildman–Crippen LogP) is 3.25. The first kappa shape index (κ1) is 22.0. The molecule has 4 rings (SSSR count). The Hall–Kier alpha value is -2.25. The molecule has 1 saturated carbocycles. The molecule has 1 aliphatic heterocycles. The summed E-state index contributed by atoms with van der Waals surface area (Å²) in [5.41, 5.74) is 2.18. The molecule has 0 bridgehead atoms. The topological polar surface area (TPSA) is 74.5 Å². The SMILES string of the molecule is Cc1ccc(-c2noc(CN3CCN([C@@H](C)C(=O)NCC4CCCCC4)CC3)n2)cc1. The summed E-state index contributed by atoms with van der Waals surface area (Å²) in [4.78, 5) is 21.8. The molecule has 1 N–H and O–H groups in total.